The molecule has 146 valence electrons. The van der Waals surface area contributed by atoms with Gasteiger partial charge in [0.2, 0.25) is 4.96 Å². The Balaban J connectivity index is 1.52. The molecule has 0 aliphatic heterocycles. The fourth-order valence-electron chi connectivity index (χ4n) is 3.03. The van der Waals surface area contributed by atoms with Crippen LogP contribution in [0.3, 0.4) is 0 Å². The van der Waals surface area contributed by atoms with Gasteiger partial charge >= 0.3 is 0 Å². The van der Waals surface area contributed by atoms with E-state index in [-0.39, 0.29) is 0 Å². The van der Waals surface area contributed by atoms with Crippen LogP contribution in [0.2, 0.25) is 0 Å². The third-order valence-electron chi connectivity index (χ3n) is 4.51. The first-order chi connectivity index (χ1) is 14.2. The van der Waals surface area contributed by atoms with Crippen LogP contribution < -0.4 is 9.47 Å². The van der Waals surface area contributed by atoms with Crippen LogP contribution in [0.5, 0.6) is 11.5 Å². The number of imidazole rings is 1. The molecule has 3 aromatic heterocycles. The van der Waals surface area contributed by atoms with Crippen molar-refractivity contribution >= 4 is 37.9 Å². The molecular weight excluding hydrogens is 404 g/mol. The third kappa shape index (κ3) is 3.45. The van der Waals surface area contributed by atoms with Gasteiger partial charge in [-0.25, -0.2) is 14.5 Å². The summed E-state index contributed by atoms with van der Waals surface area (Å²) in [4.78, 5) is 10.4. The number of hydrogen-bond acceptors (Lipinski definition) is 7. The van der Waals surface area contributed by atoms with Crippen molar-refractivity contribution in [2.24, 2.45) is 0 Å². The highest BCUT2D eigenvalue weighted by Gasteiger charge is 2.16. The van der Waals surface area contributed by atoms with Gasteiger partial charge in [-0.3, -0.25) is 0 Å². The fraction of sp³-hybridized carbons (Fsp3) is 0.190. The third-order valence-corrected chi connectivity index (χ3v) is 6.68. The maximum atomic E-state index is 6.13. The van der Waals surface area contributed by atoms with E-state index >= 15 is 0 Å². The molecule has 0 aliphatic rings. The first-order valence-corrected chi connectivity index (χ1v) is 10.9. The van der Waals surface area contributed by atoms with Crippen molar-refractivity contribution < 1.29 is 9.47 Å². The Hall–Kier alpha value is -2.97. The summed E-state index contributed by atoms with van der Waals surface area (Å²) in [5, 5.41) is 6.46. The number of aryl methyl sites for hydroxylation is 1. The van der Waals surface area contributed by atoms with Gasteiger partial charge in [0.1, 0.15) is 33.8 Å². The summed E-state index contributed by atoms with van der Waals surface area (Å²) in [6.45, 7) is 2.58. The summed E-state index contributed by atoms with van der Waals surface area (Å²) in [5.74, 6) is 1.48. The number of fused-ring (bicyclic) bond motifs is 2. The van der Waals surface area contributed by atoms with Gasteiger partial charge in [-0.15, -0.1) is 11.3 Å². The molecule has 0 saturated heterocycles. The Morgan fingerprint density at radius 2 is 1.93 bits per heavy atom. The zero-order valence-corrected chi connectivity index (χ0v) is 17.6. The smallest absolute Gasteiger partial charge is 0.212 e. The predicted molar refractivity (Wildman–Crippen MR) is 116 cm³/mol. The Labute approximate surface area is 175 Å². The molecule has 0 saturated carbocycles. The number of thiazole rings is 1. The second-order valence-electron chi connectivity index (χ2n) is 6.47. The molecule has 0 aliphatic carbocycles. The van der Waals surface area contributed by atoms with Crippen LogP contribution in [0, 0.1) is 0 Å². The Kier molecular flexibility index (Phi) is 4.65. The van der Waals surface area contributed by atoms with E-state index in [1.54, 1.807) is 29.8 Å². The lowest BCUT2D eigenvalue weighted by Crippen LogP contribution is -1.95. The van der Waals surface area contributed by atoms with Crippen LogP contribution in [0.25, 0.3) is 25.9 Å². The number of rotatable bonds is 6. The normalized spacial score (nSPS) is 11.4. The SMILES string of the molecule is CCc1nn2cc(-c3nc4cc(OC)cc(OCc5ccccc5)c4s3)nc2s1. The van der Waals surface area contributed by atoms with Crippen molar-refractivity contribution in [2.75, 3.05) is 7.11 Å². The summed E-state index contributed by atoms with van der Waals surface area (Å²) in [5.41, 5.74) is 2.77. The maximum absolute atomic E-state index is 6.13. The van der Waals surface area contributed by atoms with Crippen molar-refractivity contribution in [2.45, 2.75) is 20.0 Å². The van der Waals surface area contributed by atoms with Crippen LogP contribution in [-0.4, -0.2) is 26.7 Å². The summed E-state index contributed by atoms with van der Waals surface area (Å²) >= 11 is 3.18. The van der Waals surface area contributed by atoms with Crippen molar-refractivity contribution in [1.29, 1.82) is 0 Å². The van der Waals surface area contributed by atoms with Crippen LogP contribution in [0.15, 0.2) is 48.7 Å². The molecule has 0 unspecified atom stereocenters. The van der Waals surface area contributed by atoms with Gasteiger partial charge in [-0.05, 0) is 12.0 Å². The lowest BCUT2D eigenvalue weighted by Gasteiger charge is -2.09. The van der Waals surface area contributed by atoms with Gasteiger partial charge < -0.3 is 9.47 Å². The molecule has 5 aromatic rings. The summed E-state index contributed by atoms with van der Waals surface area (Å²) in [6.07, 6.45) is 2.84. The topological polar surface area (TPSA) is 61.5 Å². The molecular formula is C21H18N4O2S2. The first-order valence-electron chi connectivity index (χ1n) is 9.24. The van der Waals surface area contributed by atoms with E-state index in [1.165, 1.54) is 0 Å². The number of methoxy groups -OCH3 is 1. The van der Waals surface area contributed by atoms with E-state index in [4.69, 9.17) is 19.4 Å². The molecule has 0 spiro atoms. The molecule has 29 heavy (non-hydrogen) atoms. The van der Waals surface area contributed by atoms with Gasteiger partial charge in [0.15, 0.2) is 0 Å². The molecule has 0 atom stereocenters. The molecule has 0 bridgehead atoms. The Bertz CT molecular complexity index is 1260. The minimum absolute atomic E-state index is 0.486. The molecule has 5 rings (SSSR count). The lowest BCUT2D eigenvalue weighted by atomic mass is 10.2. The number of nitrogens with zero attached hydrogens (tertiary/aromatic N) is 4. The van der Waals surface area contributed by atoms with Gasteiger partial charge in [-0.2, -0.15) is 5.10 Å². The molecule has 2 aromatic carbocycles. The largest absolute Gasteiger partial charge is 0.497 e. The van der Waals surface area contributed by atoms with Crippen LogP contribution >= 0.6 is 22.7 Å². The van der Waals surface area contributed by atoms with Gasteiger partial charge in [0.05, 0.1) is 23.5 Å². The monoisotopic (exact) mass is 422 g/mol. The van der Waals surface area contributed by atoms with Crippen LogP contribution in [-0.2, 0) is 13.0 Å². The molecule has 6 nitrogen and oxygen atoms in total. The highest BCUT2D eigenvalue weighted by atomic mass is 32.1. The fourth-order valence-corrected chi connectivity index (χ4v) is 4.82. The summed E-state index contributed by atoms with van der Waals surface area (Å²) < 4.78 is 14.4. The highest BCUT2D eigenvalue weighted by molar-refractivity contribution is 7.22. The van der Waals surface area contributed by atoms with E-state index in [2.05, 4.69) is 12.0 Å². The number of aromatic nitrogens is 4. The van der Waals surface area contributed by atoms with E-state index in [9.17, 15) is 0 Å². The van der Waals surface area contributed by atoms with Gasteiger partial charge in [0.25, 0.3) is 0 Å². The van der Waals surface area contributed by atoms with E-state index in [0.717, 1.165) is 54.4 Å². The highest BCUT2D eigenvalue weighted by Crippen LogP contribution is 2.39. The number of ether oxygens (including phenoxy) is 2. The Morgan fingerprint density at radius 3 is 2.69 bits per heavy atom. The zero-order valence-electron chi connectivity index (χ0n) is 16.0. The first kappa shape index (κ1) is 18.1. The van der Waals surface area contributed by atoms with Crippen molar-refractivity contribution in [3.8, 4) is 22.2 Å². The van der Waals surface area contributed by atoms with E-state index in [1.807, 2.05) is 53.2 Å². The van der Waals surface area contributed by atoms with Crippen LogP contribution in [0.4, 0.5) is 0 Å². The quantitative estimate of drug-likeness (QED) is 0.376. The molecule has 0 N–H and O–H groups in total. The Morgan fingerprint density at radius 1 is 1.07 bits per heavy atom. The van der Waals surface area contributed by atoms with Crippen LogP contribution in [0.1, 0.15) is 17.5 Å². The van der Waals surface area contributed by atoms with E-state index < -0.39 is 0 Å². The predicted octanol–water partition coefficient (Wildman–Crippen LogP) is 5.22. The van der Waals surface area contributed by atoms with E-state index in [0.29, 0.717) is 6.61 Å². The molecule has 0 amide bonds. The lowest BCUT2D eigenvalue weighted by molar-refractivity contribution is 0.308. The van der Waals surface area contributed by atoms with Crippen molar-refractivity contribution in [3.63, 3.8) is 0 Å². The summed E-state index contributed by atoms with van der Waals surface area (Å²) in [7, 11) is 1.65. The zero-order chi connectivity index (χ0) is 19.8. The standard InChI is InChI=1S/C21H18N4O2S2/c1-3-18-24-25-11-16(23-21(25)28-18)20-22-15-9-14(26-2)10-17(19(15)29-20)27-12-13-7-5-4-6-8-13/h4-11H,3,12H2,1-2H3. The average molecular weight is 423 g/mol. The van der Waals surface area contributed by atoms with Crippen molar-refractivity contribution in [1.82, 2.24) is 19.6 Å². The van der Waals surface area contributed by atoms with Gasteiger partial charge in [-0.1, -0.05) is 48.6 Å². The van der Waals surface area contributed by atoms with Gasteiger partial charge in [0, 0.05) is 12.1 Å². The minimum atomic E-state index is 0.486. The van der Waals surface area contributed by atoms with Crippen molar-refractivity contribution in [3.05, 3.63) is 59.2 Å². The molecule has 0 radical (unpaired) electrons. The average Bonchev–Trinajstić information content (AvgIpc) is 3.44. The molecule has 0 fully saturated rings. The second kappa shape index (κ2) is 7.46. The number of hydrogen-bond donors (Lipinski definition) is 0. The minimum Gasteiger partial charge on any atom is -0.497 e. The summed E-state index contributed by atoms with van der Waals surface area (Å²) in [6, 6.07) is 13.9. The molecule has 8 heteroatoms. The maximum Gasteiger partial charge on any atom is 0.212 e. The number of benzene rings is 2. The second-order valence-corrected chi connectivity index (χ2v) is 8.51. The molecule has 3 heterocycles.